The maximum absolute atomic E-state index is 5.83. The minimum absolute atomic E-state index is 0.656. The van der Waals surface area contributed by atoms with E-state index in [4.69, 9.17) is 5.73 Å². The monoisotopic (exact) mass is 188 g/mol. The highest BCUT2D eigenvalue weighted by atomic mass is 15.2. The summed E-state index contributed by atoms with van der Waals surface area (Å²) < 4.78 is 0. The van der Waals surface area contributed by atoms with E-state index in [1.165, 1.54) is 18.5 Å². The van der Waals surface area contributed by atoms with E-state index in [1.807, 2.05) is 13.0 Å². The lowest BCUT2D eigenvalue weighted by Gasteiger charge is -1.98. The van der Waals surface area contributed by atoms with Gasteiger partial charge in [-0.2, -0.15) is 5.10 Å². The van der Waals surface area contributed by atoms with Crippen molar-refractivity contribution in [1.29, 1.82) is 0 Å². The molecule has 14 heavy (non-hydrogen) atoms. The quantitative estimate of drug-likeness (QED) is 0.716. The van der Waals surface area contributed by atoms with Crippen LogP contribution in [0.5, 0.6) is 0 Å². The maximum Gasteiger partial charge on any atom is 0.181 e. The molecule has 0 aliphatic heterocycles. The summed E-state index contributed by atoms with van der Waals surface area (Å²) in [6, 6.07) is 1.98. The average Bonchev–Trinajstić information content (AvgIpc) is 2.91. The van der Waals surface area contributed by atoms with Crippen molar-refractivity contribution in [1.82, 2.24) is 15.2 Å². The molecule has 0 bridgehead atoms. The second kappa shape index (κ2) is 2.47. The Morgan fingerprint density at radius 1 is 1.50 bits per heavy atom. The summed E-state index contributed by atoms with van der Waals surface area (Å²) in [7, 11) is 0. The molecule has 4 heteroatoms. The molecular weight excluding hydrogens is 176 g/mol. The molecule has 0 atom stereocenters. The van der Waals surface area contributed by atoms with Crippen LogP contribution >= 0.6 is 0 Å². The minimum atomic E-state index is 0.656. The van der Waals surface area contributed by atoms with Crippen molar-refractivity contribution in [3.63, 3.8) is 0 Å². The van der Waals surface area contributed by atoms with Crippen molar-refractivity contribution in [2.24, 2.45) is 0 Å². The Labute approximate surface area is 81.5 Å². The zero-order chi connectivity index (χ0) is 9.71. The normalized spacial score (nSPS) is 16.4. The molecule has 3 N–H and O–H groups in total. The fourth-order valence-corrected chi connectivity index (χ4v) is 1.75. The maximum atomic E-state index is 5.83. The average molecular weight is 188 g/mol. The molecule has 2 aromatic heterocycles. The van der Waals surface area contributed by atoms with Crippen LogP contribution < -0.4 is 5.73 Å². The molecule has 1 aliphatic rings. The first-order valence-corrected chi connectivity index (χ1v) is 4.87. The van der Waals surface area contributed by atoms with Gasteiger partial charge in [-0.25, -0.2) is 4.98 Å². The zero-order valence-electron chi connectivity index (χ0n) is 8.04. The summed E-state index contributed by atoms with van der Waals surface area (Å²) in [5, 5.41) is 8.35. The molecule has 2 heterocycles. The summed E-state index contributed by atoms with van der Waals surface area (Å²) in [5.74, 6) is 0.656. The zero-order valence-corrected chi connectivity index (χ0v) is 8.04. The molecule has 1 fully saturated rings. The number of hydrogen-bond donors (Lipinski definition) is 2. The summed E-state index contributed by atoms with van der Waals surface area (Å²) in [5.41, 5.74) is 9.43. The van der Waals surface area contributed by atoms with Gasteiger partial charge in [-0.1, -0.05) is 0 Å². The first-order valence-electron chi connectivity index (χ1n) is 4.87. The molecule has 0 radical (unpaired) electrons. The van der Waals surface area contributed by atoms with Crippen LogP contribution in [0.4, 0.5) is 5.69 Å². The van der Waals surface area contributed by atoms with Crippen molar-refractivity contribution in [2.75, 3.05) is 5.73 Å². The van der Waals surface area contributed by atoms with Crippen LogP contribution in [-0.2, 0) is 0 Å². The Bertz CT molecular complexity index is 496. The summed E-state index contributed by atoms with van der Waals surface area (Å²) in [6.45, 7) is 1.90. The van der Waals surface area contributed by atoms with E-state index in [-0.39, 0.29) is 0 Å². The van der Waals surface area contributed by atoms with E-state index < -0.39 is 0 Å². The molecular formula is C10H12N4. The summed E-state index contributed by atoms with van der Waals surface area (Å²) >= 11 is 0. The van der Waals surface area contributed by atoms with E-state index in [0.29, 0.717) is 5.92 Å². The molecule has 1 aliphatic carbocycles. The summed E-state index contributed by atoms with van der Waals surface area (Å²) in [6.07, 6.45) is 2.51. The van der Waals surface area contributed by atoms with E-state index in [0.717, 1.165) is 22.4 Å². The van der Waals surface area contributed by atoms with Crippen LogP contribution in [0.2, 0.25) is 0 Å². The van der Waals surface area contributed by atoms with Crippen LogP contribution in [0.15, 0.2) is 6.07 Å². The molecule has 0 unspecified atom stereocenters. The van der Waals surface area contributed by atoms with Gasteiger partial charge >= 0.3 is 0 Å². The molecule has 0 amide bonds. The smallest absolute Gasteiger partial charge is 0.181 e. The van der Waals surface area contributed by atoms with Gasteiger partial charge < -0.3 is 5.73 Å². The number of nitrogens with zero attached hydrogens (tertiary/aromatic N) is 2. The number of aryl methyl sites for hydroxylation is 1. The standard InChI is InChI=1S/C10H12N4/c1-5-8(11)4-7-9(6-2-3-6)13-14-10(7)12-5/h4,6H,2-3,11H2,1H3,(H,12,13,14). The third-order valence-electron chi connectivity index (χ3n) is 2.79. The van der Waals surface area contributed by atoms with Gasteiger partial charge in [0.1, 0.15) is 0 Å². The highest BCUT2D eigenvalue weighted by Gasteiger charge is 2.27. The topological polar surface area (TPSA) is 67.6 Å². The number of rotatable bonds is 1. The van der Waals surface area contributed by atoms with Crippen molar-refractivity contribution in [3.05, 3.63) is 17.5 Å². The van der Waals surface area contributed by atoms with Crippen LogP contribution in [0.1, 0.15) is 30.1 Å². The first kappa shape index (κ1) is 7.79. The number of aromatic amines is 1. The molecule has 0 aromatic carbocycles. The number of pyridine rings is 1. The fourth-order valence-electron chi connectivity index (χ4n) is 1.75. The van der Waals surface area contributed by atoms with Crippen molar-refractivity contribution < 1.29 is 0 Å². The number of nitrogen functional groups attached to an aromatic ring is 1. The Kier molecular flexibility index (Phi) is 1.37. The fraction of sp³-hybridized carbons (Fsp3) is 0.400. The van der Waals surface area contributed by atoms with Gasteiger partial charge in [-0.15, -0.1) is 0 Å². The van der Waals surface area contributed by atoms with Gasteiger partial charge in [0.15, 0.2) is 5.65 Å². The molecule has 2 aromatic rings. The van der Waals surface area contributed by atoms with Gasteiger partial charge in [0.2, 0.25) is 0 Å². The number of fused-ring (bicyclic) bond motifs is 1. The predicted octanol–water partition coefficient (Wildman–Crippen LogP) is 1.73. The Morgan fingerprint density at radius 2 is 2.29 bits per heavy atom. The number of nitrogens with two attached hydrogens (primary N) is 1. The largest absolute Gasteiger partial charge is 0.397 e. The second-order valence-electron chi connectivity index (χ2n) is 3.95. The highest BCUT2D eigenvalue weighted by molar-refractivity contribution is 5.82. The molecule has 72 valence electrons. The van der Waals surface area contributed by atoms with Crippen molar-refractivity contribution in [3.8, 4) is 0 Å². The van der Waals surface area contributed by atoms with E-state index in [9.17, 15) is 0 Å². The third kappa shape index (κ3) is 0.999. The Balaban J connectivity index is 2.29. The second-order valence-corrected chi connectivity index (χ2v) is 3.95. The summed E-state index contributed by atoms with van der Waals surface area (Å²) in [4.78, 5) is 4.34. The van der Waals surface area contributed by atoms with Crippen molar-refractivity contribution >= 4 is 16.7 Å². The van der Waals surface area contributed by atoms with Crippen LogP contribution in [0, 0.1) is 6.92 Å². The van der Waals surface area contributed by atoms with Gasteiger partial charge in [0, 0.05) is 17.0 Å². The number of nitrogens with one attached hydrogen (secondary N) is 1. The van der Waals surface area contributed by atoms with Gasteiger partial charge in [-0.3, -0.25) is 5.10 Å². The Morgan fingerprint density at radius 3 is 3.00 bits per heavy atom. The molecule has 1 saturated carbocycles. The van der Waals surface area contributed by atoms with Crippen molar-refractivity contribution in [2.45, 2.75) is 25.7 Å². The number of H-pyrrole nitrogens is 1. The molecule has 0 saturated heterocycles. The predicted molar refractivity (Wildman–Crippen MR) is 55.0 cm³/mol. The first-order chi connectivity index (χ1) is 6.75. The van der Waals surface area contributed by atoms with E-state index in [1.54, 1.807) is 0 Å². The van der Waals surface area contributed by atoms with Crippen LogP contribution in [0.25, 0.3) is 11.0 Å². The van der Waals surface area contributed by atoms with E-state index in [2.05, 4.69) is 15.2 Å². The van der Waals surface area contributed by atoms with Crippen LogP contribution in [0.3, 0.4) is 0 Å². The highest BCUT2D eigenvalue weighted by Crippen LogP contribution is 2.41. The number of hydrogen-bond acceptors (Lipinski definition) is 3. The Hall–Kier alpha value is -1.58. The van der Waals surface area contributed by atoms with Gasteiger partial charge in [0.25, 0.3) is 0 Å². The number of anilines is 1. The number of aromatic nitrogens is 3. The third-order valence-corrected chi connectivity index (χ3v) is 2.79. The lowest BCUT2D eigenvalue weighted by molar-refractivity contribution is 0.973. The lowest BCUT2D eigenvalue weighted by atomic mass is 10.2. The molecule has 0 spiro atoms. The minimum Gasteiger partial charge on any atom is -0.397 e. The van der Waals surface area contributed by atoms with Crippen LogP contribution in [-0.4, -0.2) is 15.2 Å². The van der Waals surface area contributed by atoms with Gasteiger partial charge in [-0.05, 0) is 25.8 Å². The van der Waals surface area contributed by atoms with E-state index >= 15 is 0 Å². The molecule has 4 nitrogen and oxygen atoms in total. The lowest BCUT2D eigenvalue weighted by Crippen LogP contribution is -1.93. The van der Waals surface area contributed by atoms with Gasteiger partial charge in [0.05, 0.1) is 11.4 Å². The molecule has 3 rings (SSSR count). The SMILES string of the molecule is Cc1nc2n[nH]c(C3CC3)c2cc1N.